The standard InChI is InChI=1S/C16H27N7O2.HI/c1-3-25-16(24)22-10-8-21(9-11-22)15(17-2)18-12-14-20-19-13-6-4-5-7-23(13)14;/h3-12H2,1-2H3,(H,17,18);1H. The summed E-state index contributed by atoms with van der Waals surface area (Å²) in [7, 11) is 1.78. The molecular weight excluding hydrogens is 449 g/mol. The van der Waals surface area contributed by atoms with Gasteiger partial charge in [-0.15, -0.1) is 34.2 Å². The Hall–Kier alpha value is -1.59. The Kier molecular flexibility index (Phi) is 7.91. The van der Waals surface area contributed by atoms with Crippen molar-refractivity contribution < 1.29 is 9.53 Å². The number of aryl methyl sites for hydroxylation is 1. The SMILES string of the molecule is CCOC(=O)N1CCN(C(=NC)NCc2nnc3n2CCCC3)CC1.I. The summed E-state index contributed by atoms with van der Waals surface area (Å²) in [6, 6.07) is 0. The maximum Gasteiger partial charge on any atom is 0.409 e. The van der Waals surface area contributed by atoms with E-state index < -0.39 is 0 Å². The van der Waals surface area contributed by atoms with Crippen LogP contribution >= 0.6 is 24.0 Å². The molecule has 1 aromatic rings. The van der Waals surface area contributed by atoms with Crippen molar-refractivity contribution in [2.24, 2.45) is 4.99 Å². The van der Waals surface area contributed by atoms with Crippen molar-refractivity contribution >= 4 is 36.0 Å². The van der Waals surface area contributed by atoms with Gasteiger partial charge < -0.3 is 24.4 Å². The van der Waals surface area contributed by atoms with Gasteiger partial charge in [0.15, 0.2) is 11.8 Å². The van der Waals surface area contributed by atoms with Crippen molar-refractivity contribution in [3.8, 4) is 0 Å². The summed E-state index contributed by atoms with van der Waals surface area (Å²) in [6.07, 6.45) is 3.15. The van der Waals surface area contributed by atoms with Crippen LogP contribution in [0.4, 0.5) is 4.79 Å². The highest BCUT2D eigenvalue weighted by atomic mass is 127. The fraction of sp³-hybridized carbons (Fsp3) is 0.750. The molecular formula is C16H28IN7O2. The smallest absolute Gasteiger partial charge is 0.409 e. The first-order valence-electron chi connectivity index (χ1n) is 9.01. The highest BCUT2D eigenvalue weighted by Crippen LogP contribution is 2.14. The lowest BCUT2D eigenvalue weighted by molar-refractivity contribution is 0.0914. The van der Waals surface area contributed by atoms with Crippen LogP contribution in [-0.2, 0) is 24.2 Å². The Morgan fingerprint density at radius 1 is 1.15 bits per heavy atom. The van der Waals surface area contributed by atoms with Crippen molar-refractivity contribution in [3.05, 3.63) is 11.6 Å². The number of nitrogens with zero attached hydrogens (tertiary/aromatic N) is 6. The molecule has 1 saturated heterocycles. The van der Waals surface area contributed by atoms with E-state index >= 15 is 0 Å². The predicted molar refractivity (Wildman–Crippen MR) is 109 cm³/mol. The summed E-state index contributed by atoms with van der Waals surface area (Å²) in [5, 5.41) is 12.0. The molecule has 1 amide bonds. The van der Waals surface area contributed by atoms with Crippen molar-refractivity contribution in [1.29, 1.82) is 0 Å². The van der Waals surface area contributed by atoms with Gasteiger partial charge in [-0.05, 0) is 19.8 Å². The summed E-state index contributed by atoms with van der Waals surface area (Å²) in [5.41, 5.74) is 0. The van der Waals surface area contributed by atoms with E-state index in [2.05, 4.69) is 30.0 Å². The zero-order chi connectivity index (χ0) is 17.6. The van der Waals surface area contributed by atoms with Crippen LogP contribution in [-0.4, -0.2) is 76.5 Å². The second-order valence-electron chi connectivity index (χ2n) is 6.21. The fourth-order valence-corrected chi connectivity index (χ4v) is 3.31. The summed E-state index contributed by atoms with van der Waals surface area (Å²) in [5.74, 6) is 2.87. The van der Waals surface area contributed by atoms with E-state index in [4.69, 9.17) is 4.74 Å². The molecule has 10 heteroatoms. The van der Waals surface area contributed by atoms with E-state index in [0.29, 0.717) is 26.2 Å². The molecule has 146 valence electrons. The van der Waals surface area contributed by atoms with Gasteiger partial charge in [0.2, 0.25) is 0 Å². The minimum Gasteiger partial charge on any atom is -0.450 e. The Morgan fingerprint density at radius 2 is 1.88 bits per heavy atom. The van der Waals surface area contributed by atoms with Gasteiger partial charge in [0.25, 0.3) is 0 Å². The van der Waals surface area contributed by atoms with Gasteiger partial charge in [-0.2, -0.15) is 0 Å². The molecule has 0 saturated carbocycles. The summed E-state index contributed by atoms with van der Waals surface area (Å²) in [6.45, 7) is 6.58. The zero-order valence-corrected chi connectivity index (χ0v) is 17.8. The fourth-order valence-electron chi connectivity index (χ4n) is 3.31. The second kappa shape index (κ2) is 9.93. The maximum atomic E-state index is 11.8. The average molecular weight is 477 g/mol. The molecule has 1 N–H and O–H groups in total. The van der Waals surface area contributed by atoms with Crippen molar-refractivity contribution in [3.63, 3.8) is 0 Å². The molecule has 26 heavy (non-hydrogen) atoms. The van der Waals surface area contributed by atoms with Gasteiger partial charge >= 0.3 is 6.09 Å². The van der Waals surface area contributed by atoms with Crippen LogP contribution < -0.4 is 5.32 Å². The Morgan fingerprint density at radius 3 is 2.58 bits per heavy atom. The number of fused-ring (bicyclic) bond motifs is 1. The molecule has 1 aromatic heterocycles. The molecule has 2 aliphatic heterocycles. The highest BCUT2D eigenvalue weighted by molar-refractivity contribution is 14.0. The van der Waals surface area contributed by atoms with Gasteiger partial charge in [0, 0.05) is 46.2 Å². The monoisotopic (exact) mass is 477 g/mol. The molecule has 0 spiro atoms. The van der Waals surface area contributed by atoms with E-state index in [1.165, 1.54) is 12.8 Å². The lowest BCUT2D eigenvalue weighted by Gasteiger charge is -2.35. The van der Waals surface area contributed by atoms with Gasteiger partial charge in [0.05, 0.1) is 13.2 Å². The molecule has 1 fully saturated rings. The first-order chi connectivity index (χ1) is 12.2. The van der Waals surface area contributed by atoms with E-state index in [0.717, 1.165) is 43.7 Å². The number of ether oxygens (including phenoxy) is 1. The molecule has 0 unspecified atom stereocenters. The van der Waals surface area contributed by atoms with Gasteiger partial charge in [-0.3, -0.25) is 4.99 Å². The minimum atomic E-state index is -0.236. The summed E-state index contributed by atoms with van der Waals surface area (Å²) >= 11 is 0. The number of piperazine rings is 1. The minimum absolute atomic E-state index is 0. The maximum absolute atomic E-state index is 11.8. The molecule has 0 atom stereocenters. The molecule has 0 bridgehead atoms. The lowest BCUT2D eigenvalue weighted by Crippen LogP contribution is -2.53. The number of carbonyl (C=O) groups excluding carboxylic acids is 1. The number of rotatable bonds is 3. The van der Waals surface area contributed by atoms with Crippen LogP contribution in [0.1, 0.15) is 31.4 Å². The summed E-state index contributed by atoms with van der Waals surface area (Å²) < 4.78 is 7.27. The van der Waals surface area contributed by atoms with Crippen LogP contribution in [0.25, 0.3) is 0 Å². The highest BCUT2D eigenvalue weighted by Gasteiger charge is 2.24. The van der Waals surface area contributed by atoms with Gasteiger partial charge in [-0.1, -0.05) is 0 Å². The van der Waals surface area contributed by atoms with E-state index in [1.807, 2.05) is 6.92 Å². The van der Waals surface area contributed by atoms with Crippen molar-refractivity contribution in [2.75, 3.05) is 39.8 Å². The second-order valence-corrected chi connectivity index (χ2v) is 6.21. The number of carbonyl (C=O) groups is 1. The third-order valence-electron chi connectivity index (χ3n) is 4.66. The number of aromatic nitrogens is 3. The number of amides is 1. The van der Waals surface area contributed by atoms with E-state index in [-0.39, 0.29) is 30.1 Å². The van der Waals surface area contributed by atoms with Crippen LogP contribution in [0.2, 0.25) is 0 Å². The van der Waals surface area contributed by atoms with E-state index in [9.17, 15) is 4.79 Å². The first-order valence-corrected chi connectivity index (χ1v) is 9.01. The Balaban J connectivity index is 0.00000243. The largest absolute Gasteiger partial charge is 0.450 e. The molecule has 9 nitrogen and oxygen atoms in total. The van der Waals surface area contributed by atoms with Crippen LogP contribution in [0, 0.1) is 0 Å². The third-order valence-corrected chi connectivity index (χ3v) is 4.66. The molecule has 2 aliphatic rings. The van der Waals surface area contributed by atoms with Crippen LogP contribution in [0.5, 0.6) is 0 Å². The normalized spacial score (nSPS) is 17.4. The first kappa shape index (κ1) is 20.7. The lowest BCUT2D eigenvalue weighted by atomic mass is 10.2. The molecule has 3 rings (SSSR count). The molecule has 0 aromatic carbocycles. The van der Waals surface area contributed by atoms with Gasteiger partial charge in [0.1, 0.15) is 5.82 Å². The van der Waals surface area contributed by atoms with Gasteiger partial charge in [-0.25, -0.2) is 4.79 Å². The van der Waals surface area contributed by atoms with Crippen LogP contribution in [0.15, 0.2) is 4.99 Å². The zero-order valence-electron chi connectivity index (χ0n) is 15.5. The molecule has 0 radical (unpaired) electrons. The van der Waals surface area contributed by atoms with E-state index in [1.54, 1.807) is 11.9 Å². The number of aliphatic imine (C=N–C) groups is 1. The van der Waals surface area contributed by atoms with Crippen molar-refractivity contribution in [1.82, 2.24) is 29.9 Å². The quantitative estimate of drug-likeness (QED) is 0.399. The molecule has 0 aliphatic carbocycles. The Labute approximate surface area is 171 Å². The Bertz CT molecular complexity index is 626. The van der Waals surface area contributed by atoms with Crippen molar-refractivity contribution in [2.45, 2.75) is 39.3 Å². The topological polar surface area (TPSA) is 87.9 Å². The number of nitrogens with one attached hydrogen (secondary N) is 1. The molecule has 3 heterocycles. The summed E-state index contributed by atoms with van der Waals surface area (Å²) in [4.78, 5) is 20.0. The number of halogens is 1. The predicted octanol–water partition coefficient (Wildman–Crippen LogP) is 1.08. The number of hydrogen-bond donors (Lipinski definition) is 1. The van der Waals surface area contributed by atoms with Crippen LogP contribution in [0.3, 0.4) is 0 Å². The third kappa shape index (κ3) is 4.77. The average Bonchev–Trinajstić information content (AvgIpc) is 3.06. The number of guanidine groups is 1. The number of hydrogen-bond acceptors (Lipinski definition) is 5.